The van der Waals surface area contributed by atoms with E-state index in [0.717, 1.165) is 19.3 Å². The van der Waals surface area contributed by atoms with E-state index in [9.17, 15) is 19.8 Å². The van der Waals surface area contributed by atoms with E-state index in [1.54, 1.807) is 0 Å². The molecule has 156 valence electrons. The maximum atomic E-state index is 12.1. The lowest BCUT2D eigenvalue weighted by Gasteiger charge is -2.44. The van der Waals surface area contributed by atoms with Crippen molar-refractivity contribution in [1.29, 1.82) is 0 Å². The summed E-state index contributed by atoms with van der Waals surface area (Å²) in [5, 5.41) is 19.6. The van der Waals surface area contributed by atoms with Gasteiger partial charge in [0.05, 0.1) is 13.2 Å². The van der Waals surface area contributed by atoms with E-state index >= 15 is 0 Å². The first kappa shape index (κ1) is 22.1. The molecule has 0 amide bonds. The first-order chi connectivity index (χ1) is 13.0. The highest BCUT2D eigenvalue weighted by Gasteiger charge is 2.59. The largest absolute Gasteiger partial charge is 0.455 e. The van der Waals surface area contributed by atoms with Gasteiger partial charge in [-0.15, -0.1) is 0 Å². The second-order valence-corrected chi connectivity index (χ2v) is 7.66. The Morgan fingerprint density at radius 2 is 1.74 bits per heavy atom. The zero-order valence-electron chi connectivity index (χ0n) is 16.4. The molecule has 2 fully saturated rings. The number of ether oxygens (including phenoxy) is 3. The fraction of sp³-hybridized carbons (Fsp3) is 0.900. The third-order valence-electron chi connectivity index (χ3n) is 5.55. The molecule has 7 heteroatoms. The molecule has 2 rings (SSSR count). The van der Waals surface area contributed by atoms with Gasteiger partial charge in [-0.3, -0.25) is 4.79 Å². The highest BCUT2D eigenvalue weighted by Crippen LogP contribution is 2.38. The zero-order valence-corrected chi connectivity index (χ0v) is 16.4. The molecule has 2 N–H and O–H groups in total. The predicted molar refractivity (Wildman–Crippen MR) is 98.0 cm³/mol. The molecule has 0 spiro atoms. The highest BCUT2D eigenvalue weighted by molar-refractivity contribution is 5.79. The minimum atomic E-state index is -1.53. The van der Waals surface area contributed by atoms with E-state index in [0.29, 0.717) is 13.0 Å². The molecule has 0 saturated carbocycles. The van der Waals surface area contributed by atoms with Crippen LogP contribution in [0.5, 0.6) is 0 Å². The number of cyclic esters (lactones) is 1. The first-order valence-corrected chi connectivity index (χ1v) is 10.4. The third kappa shape index (κ3) is 5.90. The van der Waals surface area contributed by atoms with Crippen molar-refractivity contribution < 1.29 is 34.0 Å². The van der Waals surface area contributed by atoms with Gasteiger partial charge in [0, 0.05) is 12.8 Å². The topological polar surface area (TPSA) is 102 Å². The first-order valence-electron chi connectivity index (χ1n) is 10.4. The van der Waals surface area contributed by atoms with Crippen LogP contribution in [0.1, 0.15) is 77.6 Å². The number of aliphatic hydroxyl groups is 2. The van der Waals surface area contributed by atoms with E-state index in [1.165, 1.54) is 38.5 Å². The zero-order chi connectivity index (χ0) is 19.7. The van der Waals surface area contributed by atoms with E-state index in [1.807, 2.05) is 0 Å². The lowest BCUT2D eigenvalue weighted by molar-refractivity contribution is -0.240. The lowest BCUT2D eigenvalue weighted by atomic mass is 9.85. The maximum Gasteiger partial charge on any atom is 0.339 e. The average molecular weight is 386 g/mol. The molecule has 2 aliphatic heterocycles. The molecule has 0 aromatic heterocycles. The number of hydrogen-bond acceptors (Lipinski definition) is 7. The van der Waals surface area contributed by atoms with Gasteiger partial charge in [-0.1, -0.05) is 58.3 Å². The summed E-state index contributed by atoms with van der Waals surface area (Å²) in [5.41, 5.74) is -1.07. The number of carbonyl (C=O) groups excluding carboxylic acids is 2. The van der Waals surface area contributed by atoms with E-state index in [2.05, 4.69) is 6.92 Å². The summed E-state index contributed by atoms with van der Waals surface area (Å²) in [7, 11) is 0. The Balaban J connectivity index is 1.67. The smallest absolute Gasteiger partial charge is 0.339 e. The second kappa shape index (κ2) is 11.0. The van der Waals surface area contributed by atoms with Crippen LogP contribution in [0, 0.1) is 0 Å². The predicted octanol–water partition coefficient (Wildman–Crippen LogP) is 2.26. The Hall–Kier alpha value is -1.18. The standard InChI is InChI=1S/C20H34O7/c1-2-3-4-5-6-7-8-9-10-11-15(22)26-17-16(23)19(24)27-18(17)20(14-21)12-13-25-20/h16-18,21,23H,2-14H2,1H3/t16-,17-,18+,20-/m1/s1. The number of carbonyl (C=O) groups is 2. The molecule has 0 radical (unpaired) electrons. The van der Waals surface area contributed by atoms with Crippen molar-refractivity contribution in [1.82, 2.24) is 0 Å². The Labute approximate surface area is 161 Å². The van der Waals surface area contributed by atoms with Crippen LogP contribution in [-0.4, -0.2) is 59.3 Å². The molecule has 2 aliphatic rings. The fourth-order valence-electron chi connectivity index (χ4n) is 3.69. The number of rotatable bonds is 13. The van der Waals surface area contributed by atoms with Gasteiger partial charge in [-0.2, -0.15) is 0 Å². The molecule has 2 saturated heterocycles. The molecule has 0 aliphatic carbocycles. The van der Waals surface area contributed by atoms with Gasteiger partial charge in [-0.25, -0.2) is 4.79 Å². The SMILES string of the molecule is CCCCCCCCCCCC(=O)O[C@@H]1[C@@H](O)C(=O)O[C@@H]1[C@]1(CO)CCO1. The van der Waals surface area contributed by atoms with Crippen LogP contribution in [0.3, 0.4) is 0 Å². The summed E-state index contributed by atoms with van der Waals surface area (Å²) in [5.74, 6) is -1.30. The molecule has 7 nitrogen and oxygen atoms in total. The van der Waals surface area contributed by atoms with Crippen LogP contribution in [0.25, 0.3) is 0 Å². The van der Waals surface area contributed by atoms with Crippen LogP contribution >= 0.6 is 0 Å². The van der Waals surface area contributed by atoms with Crippen molar-refractivity contribution in [3.8, 4) is 0 Å². The van der Waals surface area contributed by atoms with Gasteiger partial charge in [0.15, 0.2) is 18.3 Å². The van der Waals surface area contributed by atoms with Crippen LogP contribution in [0.15, 0.2) is 0 Å². The maximum absolute atomic E-state index is 12.1. The van der Waals surface area contributed by atoms with Crippen LogP contribution < -0.4 is 0 Å². The van der Waals surface area contributed by atoms with Crippen LogP contribution in [-0.2, 0) is 23.8 Å². The Morgan fingerprint density at radius 3 is 2.26 bits per heavy atom. The molecular formula is C20H34O7. The van der Waals surface area contributed by atoms with Gasteiger partial charge in [0.1, 0.15) is 5.60 Å². The normalized spacial score (nSPS) is 30.0. The molecule has 27 heavy (non-hydrogen) atoms. The summed E-state index contributed by atoms with van der Waals surface area (Å²) >= 11 is 0. The quantitative estimate of drug-likeness (QED) is 0.370. The minimum Gasteiger partial charge on any atom is -0.455 e. The molecule has 0 aromatic rings. The summed E-state index contributed by atoms with van der Waals surface area (Å²) in [6, 6.07) is 0. The van der Waals surface area contributed by atoms with Gasteiger partial charge in [0.2, 0.25) is 0 Å². The Kier molecular flexibility index (Phi) is 8.99. The summed E-state index contributed by atoms with van der Waals surface area (Å²) < 4.78 is 15.9. The fourth-order valence-corrected chi connectivity index (χ4v) is 3.69. The molecule has 0 aromatic carbocycles. The van der Waals surface area contributed by atoms with E-state index < -0.39 is 35.9 Å². The van der Waals surface area contributed by atoms with E-state index in [-0.39, 0.29) is 13.0 Å². The number of hydrogen-bond donors (Lipinski definition) is 2. The van der Waals surface area contributed by atoms with Gasteiger partial charge in [0.25, 0.3) is 0 Å². The summed E-state index contributed by atoms with van der Waals surface area (Å²) in [6.07, 6.45) is 7.42. The average Bonchev–Trinajstić information content (AvgIpc) is 2.88. The summed E-state index contributed by atoms with van der Waals surface area (Å²) in [4.78, 5) is 23.8. The molecule has 0 bridgehead atoms. The van der Waals surface area contributed by atoms with Gasteiger partial charge in [-0.05, 0) is 6.42 Å². The van der Waals surface area contributed by atoms with Gasteiger partial charge >= 0.3 is 11.9 Å². The van der Waals surface area contributed by atoms with Crippen LogP contribution in [0.4, 0.5) is 0 Å². The molecular weight excluding hydrogens is 352 g/mol. The molecule has 2 heterocycles. The number of aliphatic hydroxyl groups excluding tert-OH is 2. The molecule has 0 unspecified atom stereocenters. The lowest BCUT2D eigenvalue weighted by Crippen LogP contribution is -2.60. The van der Waals surface area contributed by atoms with Crippen molar-refractivity contribution >= 4 is 11.9 Å². The van der Waals surface area contributed by atoms with Gasteiger partial charge < -0.3 is 24.4 Å². The van der Waals surface area contributed by atoms with Crippen molar-refractivity contribution in [3.05, 3.63) is 0 Å². The van der Waals surface area contributed by atoms with Crippen LogP contribution in [0.2, 0.25) is 0 Å². The Morgan fingerprint density at radius 1 is 1.15 bits per heavy atom. The van der Waals surface area contributed by atoms with Crippen molar-refractivity contribution in [2.75, 3.05) is 13.2 Å². The monoisotopic (exact) mass is 386 g/mol. The van der Waals surface area contributed by atoms with Crippen molar-refractivity contribution in [2.24, 2.45) is 0 Å². The second-order valence-electron chi connectivity index (χ2n) is 7.66. The third-order valence-corrected chi connectivity index (χ3v) is 5.55. The van der Waals surface area contributed by atoms with Crippen molar-refractivity contribution in [2.45, 2.75) is 101 Å². The van der Waals surface area contributed by atoms with E-state index in [4.69, 9.17) is 14.2 Å². The molecule has 4 atom stereocenters. The number of esters is 2. The number of unbranched alkanes of at least 4 members (excludes halogenated alkanes) is 8. The highest BCUT2D eigenvalue weighted by atomic mass is 16.6. The Bertz CT molecular complexity index is 469. The summed E-state index contributed by atoms with van der Waals surface area (Å²) in [6.45, 7) is 2.28. The minimum absolute atomic E-state index is 0.243. The van der Waals surface area contributed by atoms with Crippen molar-refractivity contribution in [3.63, 3.8) is 0 Å².